The van der Waals surface area contributed by atoms with Crippen molar-refractivity contribution in [2.45, 2.75) is 45.5 Å². The molecule has 0 aliphatic carbocycles. The second-order valence-electron chi connectivity index (χ2n) is 6.25. The Hall–Kier alpha value is -2.84. The SMILES string of the molecule is Cc1nn(CC(F)(F)F)c(C)c1CC(=O)N[C@H](Cc1ccccc1)C(=O)O. The molecule has 2 aromatic rings. The third kappa shape index (κ3) is 5.83. The van der Waals surface area contributed by atoms with Crippen molar-refractivity contribution < 1.29 is 27.9 Å². The van der Waals surface area contributed by atoms with Crippen LogP contribution in [0.2, 0.25) is 0 Å². The van der Waals surface area contributed by atoms with E-state index in [9.17, 15) is 27.9 Å². The van der Waals surface area contributed by atoms with Crippen LogP contribution in [0.3, 0.4) is 0 Å². The maximum atomic E-state index is 12.6. The summed E-state index contributed by atoms with van der Waals surface area (Å²) in [6, 6.07) is 7.68. The fourth-order valence-electron chi connectivity index (χ4n) is 2.77. The highest BCUT2D eigenvalue weighted by molar-refractivity contribution is 5.85. The highest BCUT2D eigenvalue weighted by atomic mass is 19.4. The van der Waals surface area contributed by atoms with Crippen LogP contribution in [0.5, 0.6) is 0 Å². The number of carboxylic acids is 1. The third-order valence-electron chi connectivity index (χ3n) is 4.11. The molecule has 0 radical (unpaired) electrons. The van der Waals surface area contributed by atoms with Crippen molar-refractivity contribution in [3.63, 3.8) is 0 Å². The van der Waals surface area contributed by atoms with Gasteiger partial charge < -0.3 is 10.4 Å². The minimum atomic E-state index is -4.42. The number of carbonyl (C=O) groups is 2. The van der Waals surface area contributed by atoms with Gasteiger partial charge in [0.05, 0.1) is 12.1 Å². The number of amides is 1. The molecule has 1 amide bonds. The second-order valence-corrected chi connectivity index (χ2v) is 6.25. The normalized spacial score (nSPS) is 12.6. The monoisotopic (exact) mass is 383 g/mol. The molecule has 0 saturated heterocycles. The summed E-state index contributed by atoms with van der Waals surface area (Å²) in [5.41, 5.74) is 1.65. The Kier molecular flexibility index (Phi) is 6.24. The summed E-state index contributed by atoms with van der Waals surface area (Å²) in [5, 5.41) is 15.6. The number of nitrogens with zero attached hydrogens (tertiary/aromatic N) is 2. The Labute approximate surface area is 154 Å². The molecular formula is C18H20F3N3O3. The summed E-state index contributed by atoms with van der Waals surface area (Å²) in [5.74, 6) is -1.77. The summed E-state index contributed by atoms with van der Waals surface area (Å²) >= 11 is 0. The third-order valence-corrected chi connectivity index (χ3v) is 4.11. The lowest BCUT2D eigenvalue weighted by atomic mass is 10.0. The first kappa shape index (κ1) is 20.5. The molecule has 0 aliphatic rings. The van der Waals surface area contributed by atoms with Gasteiger partial charge in [-0.2, -0.15) is 18.3 Å². The minimum absolute atomic E-state index is 0.104. The van der Waals surface area contributed by atoms with Gasteiger partial charge in [0.2, 0.25) is 5.91 Å². The van der Waals surface area contributed by atoms with Crippen molar-refractivity contribution in [3.05, 3.63) is 52.8 Å². The van der Waals surface area contributed by atoms with E-state index in [1.165, 1.54) is 13.8 Å². The number of hydrogen-bond acceptors (Lipinski definition) is 3. The zero-order valence-corrected chi connectivity index (χ0v) is 14.9. The molecule has 0 bridgehead atoms. The van der Waals surface area contributed by atoms with Gasteiger partial charge in [-0.1, -0.05) is 30.3 Å². The van der Waals surface area contributed by atoms with Gasteiger partial charge in [0.1, 0.15) is 12.6 Å². The molecule has 0 saturated carbocycles. The molecular weight excluding hydrogens is 363 g/mol. The van der Waals surface area contributed by atoms with Crippen molar-refractivity contribution in [2.75, 3.05) is 0 Å². The molecule has 0 spiro atoms. The lowest BCUT2D eigenvalue weighted by Crippen LogP contribution is -2.43. The van der Waals surface area contributed by atoms with Gasteiger partial charge in [-0.25, -0.2) is 4.79 Å². The number of aliphatic carboxylic acids is 1. The van der Waals surface area contributed by atoms with E-state index in [4.69, 9.17) is 0 Å². The first-order valence-electron chi connectivity index (χ1n) is 8.22. The van der Waals surface area contributed by atoms with Crippen LogP contribution < -0.4 is 5.32 Å². The highest BCUT2D eigenvalue weighted by Crippen LogP contribution is 2.21. The second kappa shape index (κ2) is 8.24. The number of alkyl halides is 3. The molecule has 146 valence electrons. The van der Waals surface area contributed by atoms with E-state index in [2.05, 4.69) is 10.4 Å². The smallest absolute Gasteiger partial charge is 0.408 e. The fourth-order valence-corrected chi connectivity index (χ4v) is 2.77. The van der Waals surface area contributed by atoms with Crippen molar-refractivity contribution >= 4 is 11.9 Å². The van der Waals surface area contributed by atoms with E-state index in [0.29, 0.717) is 11.3 Å². The first-order chi connectivity index (χ1) is 12.6. The molecule has 1 aromatic heterocycles. The quantitative estimate of drug-likeness (QED) is 0.769. The Bertz CT molecular complexity index is 816. The highest BCUT2D eigenvalue weighted by Gasteiger charge is 2.30. The first-order valence-corrected chi connectivity index (χ1v) is 8.22. The molecule has 2 N–H and O–H groups in total. The molecule has 27 heavy (non-hydrogen) atoms. The van der Waals surface area contributed by atoms with Gasteiger partial charge in [-0.3, -0.25) is 9.48 Å². The zero-order chi connectivity index (χ0) is 20.2. The molecule has 0 unspecified atom stereocenters. The number of rotatable bonds is 7. The van der Waals surface area contributed by atoms with Crippen LogP contribution in [-0.4, -0.2) is 39.0 Å². The number of carboxylic acid groups (broad SMARTS) is 1. The van der Waals surface area contributed by atoms with Gasteiger partial charge in [0.15, 0.2) is 0 Å². The van der Waals surface area contributed by atoms with Gasteiger partial charge >= 0.3 is 12.1 Å². The largest absolute Gasteiger partial charge is 0.480 e. The number of hydrogen-bond donors (Lipinski definition) is 2. The Balaban J connectivity index is 2.08. The number of halogens is 3. The predicted octanol–water partition coefficient (Wildman–Crippen LogP) is 2.42. The van der Waals surface area contributed by atoms with E-state index in [1.807, 2.05) is 0 Å². The van der Waals surface area contributed by atoms with Gasteiger partial charge in [-0.15, -0.1) is 0 Å². The van der Waals surface area contributed by atoms with E-state index in [1.54, 1.807) is 30.3 Å². The van der Waals surface area contributed by atoms with E-state index < -0.39 is 30.6 Å². The molecule has 0 aliphatic heterocycles. The van der Waals surface area contributed by atoms with Gasteiger partial charge in [-0.05, 0) is 19.4 Å². The maximum absolute atomic E-state index is 12.6. The number of carbonyl (C=O) groups excluding carboxylic acids is 1. The van der Waals surface area contributed by atoms with Crippen LogP contribution in [0.1, 0.15) is 22.5 Å². The Morgan fingerprint density at radius 1 is 1.22 bits per heavy atom. The summed E-state index contributed by atoms with van der Waals surface area (Å²) in [6.07, 6.45) is -4.56. The average molecular weight is 383 g/mol. The molecule has 9 heteroatoms. The van der Waals surface area contributed by atoms with Gasteiger partial charge in [0, 0.05) is 17.7 Å². The molecule has 6 nitrogen and oxygen atoms in total. The van der Waals surface area contributed by atoms with Crippen molar-refractivity contribution in [3.8, 4) is 0 Å². The minimum Gasteiger partial charge on any atom is -0.480 e. The molecule has 1 heterocycles. The predicted molar refractivity (Wildman–Crippen MR) is 91.2 cm³/mol. The number of aromatic nitrogens is 2. The van der Waals surface area contributed by atoms with E-state index in [0.717, 1.165) is 10.2 Å². The van der Waals surface area contributed by atoms with E-state index >= 15 is 0 Å². The number of aryl methyl sites for hydroxylation is 1. The fraction of sp³-hybridized carbons (Fsp3) is 0.389. The molecule has 0 fully saturated rings. The van der Waals surface area contributed by atoms with Crippen molar-refractivity contribution in [2.24, 2.45) is 0 Å². The van der Waals surface area contributed by atoms with Crippen LogP contribution in [-0.2, 0) is 29.0 Å². The lowest BCUT2D eigenvalue weighted by Gasteiger charge is -2.15. The Morgan fingerprint density at radius 3 is 2.41 bits per heavy atom. The zero-order valence-electron chi connectivity index (χ0n) is 14.9. The van der Waals surface area contributed by atoms with Crippen LogP contribution in [0.15, 0.2) is 30.3 Å². The molecule has 2 rings (SSSR count). The maximum Gasteiger partial charge on any atom is 0.408 e. The number of benzene rings is 1. The summed E-state index contributed by atoms with van der Waals surface area (Å²) in [7, 11) is 0. The van der Waals surface area contributed by atoms with E-state index in [-0.39, 0.29) is 18.5 Å². The lowest BCUT2D eigenvalue weighted by molar-refractivity contribution is -0.143. The summed E-state index contributed by atoms with van der Waals surface area (Å²) in [6.45, 7) is 1.72. The standard InChI is InChI=1S/C18H20F3N3O3/c1-11-14(12(2)24(23-11)10-18(19,20)21)9-16(25)22-15(17(26)27)8-13-6-4-3-5-7-13/h3-7,15H,8-10H2,1-2H3,(H,22,25)(H,26,27)/t15-/m1/s1. The molecule has 1 atom stereocenters. The topological polar surface area (TPSA) is 84.2 Å². The average Bonchev–Trinajstić information content (AvgIpc) is 2.81. The van der Waals surface area contributed by atoms with Gasteiger partial charge in [0.25, 0.3) is 0 Å². The summed E-state index contributed by atoms with van der Waals surface area (Å²) in [4.78, 5) is 23.7. The van der Waals surface area contributed by atoms with Crippen molar-refractivity contribution in [1.29, 1.82) is 0 Å². The van der Waals surface area contributed by atoms with Crippen LogP contribution in [0, 0.1) is 13.8 Å². The molecule has 1 aromatic carbocycles. The number of nitrogens with one attached hydrogen (secondary N) is 1. The van der Waals surface area contributed by atoms with Crippen LogP contribution in [0.25, 0.3) is 0 Å². The summed E-state index contributed by atoms with van der Waals surface area (Å²) < 4.78 is 38.6. The van der Waals surface area contributed by atoms with Crippen molar-refractivity contribution in [1.82, 2.24) is 15.1 Å². The van der Waals surface area contributed by atoms with Crippen LogP contribution >= 0.6 is 0 Å². The Morgan fingerprint density at radius 2 is 1.85 bits per heavy atom. The van der Waals surface area contributed by atoms with Crippen LogP contribution in [0.4, 0.5) is 13.2 Å².